The van der Waals surface area contributed by atoms with Gasteiger partial charge in [0.2, 0.25) is 0 Å². The zero-order valence-corrected chi connectivity index (χ0v) is 24.9. The molecule has 0 bridgehead atoms. The SMILES string of the molecule is C(=NOCCOc1ccc(CC2CN(C(c3ccccc3)(c3ccccc3)c3ccccc3)CS2)cc1)c1cccnc1. The van der Waals surface area contributed by atoms with Gasteiger partial charge in [-0.05, 0) is 46.9 Å². The molecule has 0 radical (unpaired) electrons. The highest BCUT2D eigenvalue weighted by Crippen LogP contribution is 2.46. The van der Waals surface area contributed by atoms with Crippen LogP contribution in [0.5, 0.6) is 5.75 Å². The molecule has 5 nitrogen and oxygen atoms in total. The number of pyridine rings is 1. The number of thioether (sulfide) groups is 1. The number of hydrogen-bond acceptors (Lipinski definition) is 6. The zero-order chi connectivity index (χ0) is 29.2. The smallest absolute Gasteiger partial charge is 0.151 e. The van der Waals surface area contributed by atoms with E-state index in [2.05, 4.69) is 118 Å². The number of rotatable bonds is 12. The summed E-state index contributed by atoms with van der Waals surface area (Å²) in [5.41, 5.74) is 5.72. The third-order valence-electron chi connectivity index (χ3n) is 7.73. The van der Waals surface area contributed by atoms with Crippen LogP contribution in [0, 0.1) is 0 Å². The molecule has 1 fully saturated rings. The molecule has 1 aliphatic heterocycles. The second kappa shape index (κ2) is 14.2. The van der Waals surface area contributed by atoms with Crippen molar-refractivity contribution in [1.82, 2.24) is 9.88 Å². The van der Waals surface area contributed by atoms with Crippen molar-refractivity contribution in [2.24, 2.45) is 5.16 Å². The summed E-state index contributed by atoms with van der Waals surface area (Å²) < 4.78 is 5.87. The van der Waals surface area contributed by atoms with Crippen LogP contribution in [0.2, 0.25) is 0 Å². The maximum atomic E-state index is 5.87. The number of aromatic nitrogens is 1. The molecule has 4 aromatic carbocycles. The molecule has 6 heteroatoms. The molecular weight excluding hydrogens is 550 g/mol. The van der Waals surface area contributed by atoms with Crippen LogP contribution in [0.4, 0.5) is 0 Å². The second-order valence-corrected chi connectivity index (χ2v) is 11.8. The molecule has 0 N–H and O–H groups in total. The Bertz CT molecular complexity index is 1470. The molecule has 0 spiro atoms. The van der Waals surface area contributed by atoms with Gasteiger partial charge in [0.05, 0.1) is 11.8 Å². The number of benzene rings is 4. The minimum Gasteiger partial charge on any atom is -0.490 e. The van der Waals surface area contributed by atoms with Crippen molar-refractivity contribution in [2.75, 3.05) is 25.6 Å². The molecule has 43 heavy (non-hydrogen) atoms. The van der Waals surface area contributed by atoms with Crippen LogP contribution in [-0.2, 0) is 16.8 Å². The molecule has 2 heterocycles. The molecule has 0 saturated carbocycles. The topological polar surface area (TPSA) is 47.0 Å². The van der Waals surface area contributed by atoms with E-state index in [-0.39, 0.29) is 5.54 Å². The second-order valence-electron chi connectivity index (χ2n) is 10.5. The molecule has 5 aromatic rings. The van der Waals surface area contributed by atoms with Crippen molar-refractivity contribution in [3.05, 3.63) is 168 Å². The zero-order valence-electron chi connectivity index (χ0n) is 24.0. The van der Waals surface area contributed by atoms with Gasteiger partial charge in [0, 0.05) is 35.6 Å². The summed E-state index contributed by atoms with van der Waals surface area (Å²) in [7, 11) is 0. The molecular formula is C37H35N3O2S. The maximum Gasteiger partial charge on any atom is 0.151 e. The van der Waals surface area contributed by atoms with E-state index in [0.29, 0.717) is 18.5 Å². The highest BCUT2D eigenvalue weighted by atomic mass is 32.2. The predicted molar refractivity (Wildman–Crippen MR) is 176 cm³/mol. The molecule has 1 atom stereocenters. The Balaban J connectivity index is 1.11. The molecule has 1 saturated heterocycles. The summed E-state index contributed by atoms with van der Waals surface area (Å²) in [5.74, 6) is 1.79. The molecule has 216 valence electrons. The lowest BCUT2D eigenvalue weighted by Crippen LogP contribution is -2.47. The number of ether oxygens (including phenoxy) is 1. The van der Waals surface area contributed by atoms with Crippen LogP contribution in [0.3, 0.4) is 0 Å². The minimum absolute atomic E-state index is 0.368. The van der Waals surface area contributed by atoms with E-state index < -0.39 is 0 Å². The quantitative estimate of drug-likeness (QED) is 0.0660. The first kappa shape index (κ1) is 28.7. The van der Waals surface area contributed by atoms with Gasteiger partial charge in [0.25, 0.3) is 0 Å². The van der Waals surface area contributed by atoms with Gasteiger partial charge in [-0.1, -0.05) is 114 Å². The van der Waals surface area contributed by atoms with Gasteiger partial charge >= 0.3 is 0 Å². The summed E-state index contributed by atoms with van der Waals surface area (Å²) in [6.45, 7) is 1.79. The summed E-state index contributed by atoms with van der Waals surface area (Å²) in [6, 6.07) is 45.1. The number of oxime groups is 1. The fourth-order valence-electron chi connectivity index (χ4n) is 5.77. The number of nitrogens with zero attached hydrogens (tertiary/aromatic N) is 3. The van der Waals surface area contributed by atoms with E-state index in [0.717, 1.165) is 30.2 Å². The van der Waals surface area contributed by atoms with Crippen LogP contribution in [-0.4, -0.2) is 47.0 Å². The lowest BCUT2D eigenvalue weighted by atomic mass is 9.75. The van der Waals surface area contributed by atoms with Crippen molar-refractivity contribution in [2.45, 2.75) is 17.2 Å². The van der Waals surface area contributed by atoms with Gasteiger partial charge in [-0.3, -0.25) is 9.88 Å². The van der Waals surface area contributed by atoms with Crippen LogP contribution in [0.1, 0.15) is 27.8 Å². The Morgan fingerprint density at radius 1 is 0.767 bits per heavy atom. The minimum atomic E-state index is -0.368. The van der Waals surface area contributed by atoms with Crippen molar-refractivity contribution >= 4 is 18.0 Å². The fraction of sp³-hybridized carbons (Fsp3) is 0.189. The van der Waals surface area contributed by atoms with E-state index in [9.17, 15) is 0 Å². The van der Waals surface area contributed by atoms with Crippen LogP contribution >= 0.6 is 11.8 Å². The molecule has 1 aromatic heterocycles. The molecule has 0 aliphatic carbocycles. The lowest BCUT2D eigenvalue weighted by molar-refractivity contribution is 0.108. The Hall–Kier alpha value is -4.39. The summed E-state index contributed by atoms with van der Waals surface area (Å²) in [5, 5.41) is 4.45. The normalized spacial score (nSPS) is 15.5. The van der Waals surface area contributed by atoms with Crippen LogP contribution < -0.4 is 4.74 Å². The average molecular weight is 586 g/mol. The standard InChI is InChI=1S/C37H35N3O2S/c1-4-12-32(13-5-1)37(33-14-6-2-7-15-33,34-16-8-3-9-17-34)40-28-36(43-29-40)25-30-18-20-35(21-19-30)41-23-24-42-39-27-31-11-10-22-38-26-31/h1-22,26-27,36H,23-25,28-29H2. The van der Waals surface area contributed by atoms with Crippen molar-refractivity contribution in [3.8, 4) is 5.75 Å². The third-order valence-corrected chi connectivity index (χ3v) is 8.98. The van der Waals surface area contributed by atoms with Gasteiger partial charge in [0.1, 0.15) is 12.4 Å². The average Bonchev–Trinajstić information content (AvgIpc) is 3.54. The monoisotopic (exact) mass is 585 g/mol. The Morgan fingerprint density at radius 3 is 1.98 bits per heavy atom. The summed E-state index contributed by atoms with van der Waals surface area (Å²) in [4.78, 5) is 12.0. The van der Waals surface area contributed by atoms with Crippen molar-refractivity contribution in [3.63, 3.8) is 0 Å². The third kappa shape index (κ3) is 6.82. The van der Waals surface area contributed by atoms with Gasteiger partial charge in [-0.15, -0.1) is 11.8 Å². The highest BCUT2D eigenvalue weighted by molar-refractivity contribution is 8.00. The first-order chi connectivity index (χ1) is 21.3. The molecule has 1 aliphatic rings. The molecule has 6 rings (SSSR count). The van der Waals surface area contributed by atoms with E-state index in [1.165, 1.54) is 22.3 Å². The lowest BCUT2D eigenvalue weighted by Gasteiger charge is -2.43. The van der Waals surface area contributed by atoms with Gasteiger partial charge in [-0.25, -0.2) is 0 Å². The van der Waals surface area contributed by atoms with Gasteiger partial charge < -0.3 is 9.57 Å². The molecule has 0 amide bonds. The van der Waals surface area contributed by atoms with E-state index in [4.69, 9.17) is 9.57 Å². The van der Waals surface area contributed by atoms with Gasteiger partial charge in [-0.2, -0.15) is 0 Å². The Kier molecular flexibility index (Phi) is 9.47. The van der Waals surface area contributed by atoms with Crippen molar-refractivity contribution in [1.29, 1.82) is 0 Å². The highest BCUT2D eigenvalue weighted by Gasteiger charge is 2.45. The van der Waals surface area contributed by atoms with E-state index >= 15 is 0 Å². The number of hydrogen-bond donors (Lipinski definition) is 0. The fourth-order valence-corrected chi connectivity index (χ4v) is 7.06. The Labute approximate surface area is 258 Å². The molecule has 1 unspecified atom stereocenters. The maximum absolute atomic E-state index is 5.87. The first-order valence-electron chi connectivity index (χ1n) is 14.6. The van der Waals surface area contributed by atoms with Crippen molar-refractivity contribution < 1.29 is 9.57 Å². The van der Waals surface area contributed by atoms with Gasteiger partial charge in [0.15, 0.2) is 6.61 Å². The van der Waals surface area contributed by atoms with E-state index in [1.54, 1.807) is 18.6 Å². The summed E-state index contributed by atoms with van der Waals surface area (Å²) in [6.07, 6.45) is 6.11. The van der Waals surface area contributed by atoms with Crippen LogP contribution in [0.25, 0.3) is 0 Å². The van der Waals surface area contributed by atoms with E-state index in [1.807, 2.05) is 36.0 Å². The Morgan fingerprint density at radius 2 is 1.40 bits per heavy atom. The largest absolute Gasteiger partial charge is 0.490 e. The summed E-state index contributed by atoms with van der Waals surface area (Å²) >= 11 is 2.04. The predicted octanol–water partition coefficient (Wildman–Crippen LogP) is 7.42. The van der Waals surface area contributed by atoms with Crippen LogP contribution in [0.15, 0.2) is 145 Å². The first-order valence-corrected chi connectivity index (χ1v) is 15.7.